The quantitative estimate of drug-likeness (QED) is 0.910. The highest BCUT2D eigenvalue weighted by Crippen LogP contribution is 2.24. The number of thiophene rings is 1. The maximum absolute atomic E-state index is 13.0. The van der Waals surface area contributed by atoms with Crippen LogP contribution in [0, 0.1) is 11.6 Å². The summed E-state index contributed by atoms with van der Waals surface area (Å²) in [6.07, 6.45) is 0. The summed E-state index contributed by atoms with van der Waals surface area (Å²) >= 11 is 1.02. The van der Waals surface area contributed by atoms with Gasteiger partial charge in [0.2, 0.25) is 0 Å². The van der Waals surface area contributed by atoms with Crippen molar-refractivity contribution in [2.45, 2.75) is 10.8 Å². The van der Waals surface area contributed by atoms with E-state index in [0.29, 0.717) is 4.88 Å². The van der Waals surface area contributed by atoms with Gasteiger partial charge in [0.25, 0.3) is 10.0 Å². The molecule has 1 heterocycles. The van der Waals surface area contributed by atoms with Crippen LogP contribution in [-0.4, -0.2) is 8.42 Å². The molecule has 0 unspecified atom stereocenters. The number of benzene rings is 1. The van der Waals surface area contributed by atoms with Crippen LogP contribution in [0.2, 0.25) is 0 Å². The Labute approximate surface area is 112 Å². The van der Waals surface area contributed by atoms with E-state index < -0.39 is 21.7 Å². The third kappa shape index (κ3) is 3.09. The molecule has 0 fully saturated rings. The van der Waals surface area contributed by atoms with Crippen molar-refractivity contribution in [1.29, 1.82) is 0 Å². The van der Waals surface area contributed by atoms with Crippen LogP contribution in [0.1, 0.15) is 4.88 Å². The fourth-order valence-corrected chi connectivity index (χ4v) is 3.66. The van der Waals surface area contributed by atoms with E-state index >= 15 is 0 Å². The third-order valence-electron chi connectivity index (χ3n) is 2.27. The minimum atomic E-state index is -3.81. The average molecular weight is 304 g/mol. The average Bonchev–Trinajstić information content (AvgIpc) is 2.83. The lowest BCUT2D eigenvalue weighted by atomic mass is 10.3. The molecule has 0 atom stereocenters. The van der Waals surface area contributed by atoms with Gasteiger partial charge in [-0.3, -0.25) is 4.72 Å². The van der Waals surface area contributed by atoms with Crippen LogP contribution >= 0.6 is 11.3 Å². The lowest BCUT2D eigenvalue weighted by Crippen LogP contribution is -2.11. The van der Waals surface area contributed by atoms with Gasteiger partial charge in [-0.25, -0.2) is 17.2 Å². The van der Waals surface area contributed by atoms with Crippen molar-refractivity contribution < 1.29 is 17.2 Å². The Morgan fingerprint density at radius 3 is 2.47 bits per heavy atom. The zero-order chi connectivity index (χ0) is 14.0. The first-order valence-corrected chi connectivity index (χ1v) is 7.49. The van der Waals surface area contributed by atoms with Crippen molar-refractivity contribution in [2.24, 2.45) is 5.73 Å². The van der Waals surface area contributed by atoms with Crippen LogP contribution in [0.3, 0.4) is 0 Å². The molecule has 0 bridgehead atoms. The van der Waals surface area contributed by atoms with E-state index in [0.717, 1.165) is 29.5 Å². The van der Waals surface area contributed by atoms with E-state index in [4.69, 9.17) is 5.73 Å². The van der Waals surface area contributed by atoms with Crippen LogP contribution in [0.15, 0.2) is 34.5 Å². The minimum absolute atomic E-state index is 0.0402. The number of nitrogens with two attached hydrogens (primary N) is 1. The normalized spacial score (nSPS) is 11.5. The van der Waals surface area contributed by atoms with E-state index in [1.54, 1.807) is 6.07 Å². The first-order valence-electron chi connectivity index (χ1n) is 5.19. The van der Waals surface area contributed by atoms with Crippen LogP contribution in [-0.2, 0) is 16.6 Å². The monoisotopic (exact) mass is 304 g/mol. The Kier molecular flexibility index (Phi) is 3.83. The Morgan fingerprint density at radius 1 is 1.16 bits per heavy atom. The zero-order valence-electron chi connectivity index (χ0n) is 9.56. The lowest BCUT2D eigenvalue weighted by Gasteiger charge is -2.06. The highest BCUT2D eigenvalue weighted by molar-refractivity contribution is 7.94. The van der Waals surface area contributed by atoms with Gasteiger partial charge in [0.1, 0.15) is 4.21 Å². The molecule has 1 aromatic heterocycles. The maximum atomic E-state index is 13.0. The summed E-state index contributed by atoms with van der Waals surface area (Å²) in [4.78, 5) is 0.714. The molecule has 102 valence electrons. The van der Waals surface area contributed by atoms with E-state index in [1.807, 2.05) is 0 Å². The highest BCUT2D eigenvalue weighted by Gasteiger charge is 2.17. The Morgan fingerprint density at radius 2 is 1.89 bits per heavy atom. The smallest absolute Gasteiger partial charge is 0.271 e. The summed E-state index contributed by atoms with van der Waals surface area (Å²) in [7, 11) is -3.81. The molecule has 19 heavy (non-hydrogen) atoms. The molecule has 0 radical (unpaired) electrons. The summed E-state index contributed by atoms with van der Waals surface area (Å²) in [6.45, 7) is 0.241. The molecule has 8 heteroatoms. The number of rotatable bonds is 4. The van der Waals surface area contributed by atoms with Gasteiger partial charge in [0.05, 0.1) is 5.69 Å². The van der Waals surface area contributed by atoms with Crippen molar-refractivity contribution in [1.82, 2.24) is 0 Å². The van der Waals surface area contributed by atoms with Gasteiger partial charge in [-0.15, -0.1) is 11.3 Å². The summed E-state index contributed by atoms with van der Waals surface area (Å²) in [6, 6.07) is 5.80. The lowest BCUT2D eigenvalue weighted by molar-refractivity contribution is 0.509. The van der Waals surface area contributed by atoms with Gasteiger partial charge in [-0.1, -0.05) is 0 Å². The molecule has 0 spiro atoms. The predicted molar refractivity (Wildman–Crippen MR) is 69.4 cm³/mol. The molecule has 0 aliphatic carbocycles. The molecule has 2 rings (SSSR count). The fraction of sp³-hybridized carbons (Fsp3) is 0.0909. The minimum Gasteiger partial charge on any atom is -0.326 e. The Balaban J connectivity index is 2.28. The van der Waals surface area contributed by atoms with Gasteiger partial charge in [0.15, 0.2) is 11.6 Å². The van der Waals surface area contributed by atoms with Crippen LogP contribution in [0.25, 0.3) is 0 Å². The van der Waals surface area contributed by atoms with Gasteiger partial charge in [0, 0.05) is 17.5 Å². The second-order valence-electron chi connectivity index (χ2n) is 3.66. The molecule has 0 aliphatic rings. The van der Waals surface area contributed by atoms with Gasteiger partial charge in [-0.05, 0) is 24.3 Å². The second kappa shape index (κ2) is 5.24. The van der Waals surface area contributed by atoms with E-state index in [9.17, 15) is 17.2 Å². The van der Waals surface area contributed by atoms with Crippen molar-refractivity contribution in [3.05, 3.63) is 46.8 Å². The number of hydrogen-bond acceptors (Lipinski definition) is 4. The molecule has 2 aromatic rings. The molecule has 0 aliphatic heterocycles. The molecule has 0 saturated carbocycles. The molecule has 3 N–H and O–H groups in total. The molecule has 0 amide bonds. The number of nitrogens with one attached hydrogen (secondary N) is 1. The predicted octanol–water partition coefficient (Wildman–Crippen LogP) is 2.29. The summed E-state index contributed by atoms with van der Waals surface area (Å²) in [5.41, 5.74) is 5.36. The highest BCUT2D eigenvalue weighted by atomic mass is 32.2. The Bertz CT molecular complexity index is 698. The maximum Gasteiger partial charge on any atom is 0.271 e. The van der Waals surface area contributed by atoms with Crippen molar-refractivity contribution >= 4 is 27.0 Å². The number of anilines is 1. The zero-order valence-corrected chi connectivity index (χ0v) is 11.2. The molecular weight excluding hydrogens is 294 g/mol. The number of sulfonamides is 1. The summed E-state index contributed by atoms with van der Waals surface area (Å²) < 4.78 is 51.9. The van der Waals surface area contributed by atoms with Crippen LogP contribution < -0.4 is 10.5 Å². The van der Waals surface area contributed by atoms with Crippen molar-refractivity contribution in [3.8, 4) is 0 Å². The third-order valence-corrected chi connectivity index (χ3v) is 5.26. The first-order chi connectivity index (χ1) is 8.92. The summed E-state index contributed by atoms with van der Waals surface area (Å²) in [5.74, 6) is -2.15. The van der Waals surface area contributed by atoms with E-state index in [2.05, 4.69) is 4.72 Å². The van der Waals surface area contributed by atoms with Gasteiger partial charge >= 0.3 is 0 Å². The largest absolute Gasteiger partial charge is 0.326 e. The van der Waals surface area contributed by atoms with Crippen LogP contribution in [0.5, 0.6) is 0 Å². The van der Waals surface area contributed by atoms with E-state index in [1.165, 1.54) is 6.07 Å². The SMILES string of the molecule is NCc1ccc(S(=O)(=O)Nc2ccc(F)c(F)c2)s1. The molecule has 0 saturated heterocycles. The topological polar surface area (TPSA) is 72.2 Å². The fourth-order valence-electron chi connectivity index (χ4n) is 1.38. The van der Waals surface area contributed by atoms with Gasteiger partial charge in [-0.2, -0.15) is 0 Å². The standard InChI is InChI=1S/C11H10F2N2O2S2/c12-9-3-1-7(5-10(9)13)15-19(16,17)11-4-2-8(6-14)18-11/h1-5,15H,6,14H2. The van der Waals surface area contributed by atoms with E-state index in [-0.39, 0.29) is 16.4 Å². The Hall–Kier alpha value is -1.51. The van der Waals surface area contributed by atoms with Crippen molar-refractivity contribution in [3.63, 3.8) is 0 Å². The molecule has 1 aromatic carbocycles. The second-order valence-corrected chi connectivity index (χ2v) is 6.74. The first kappa shape index (κ1) is 13.9. The van der Waals surface area contributed by atoms with Gasteiger partial charge < -0.3 is 5.73 Å². The van der Waals surface area contributed by atoms with Crippen molar-refractivity contribution in [2.75, 3.05) is 4.72 Å². The summed E-state index contributed by atoms with van der Waals surface area (Å²) in [5, 5.41) is 0. The molecule has 4 nitrogen and oxygen atoms in total. The van der Waals surface area contributed by atoms with Crippen LogP contribution in [0.4, 0.5) is 14.5 Å². The number of hydrogen-bond donors (Lipinski definition) is 2. The molecular formula is C11H10F2N2O2S2. The number of halogens is 2.